The van der Waals surface area contributed by atoms with Gasteiger partial charge in [0.2, 0.25) is 0 Å². The van der Waals surface area contributed by atoms with Gasteiger partial charge in [-0.05, 0) is 56.9 Å². The van der Waals surface area contributed by atoms with E-state index in [1.807, 2.05) is 6.92 Å². The third-order valence-electron chi connectivity index (χ3n) is 4.80. The van der Waals surface area contributed by atoms with Gasteiger partial charge in [-0.25, -0.2) is 0 Å². The van der Waals surface area contributed by atoms with Crippen molar-refractivity contribution in [2.24, 2.45) is 17.8 Å². The molecule has 0 bridgehead atoms. The summed E-state index contributed by atoms with van der Waals surface area (Å²) >= 11 is 0. The fourth-order valence-corrected chi connectivity index (χ4v) is 3.54. The molecule has 0 aromatic carbocycles. The third kappa shape index (κ3) is 1.75. The average molecular weight is 220 g/mol. The normalized spacial score (nSPS) is 43.5. The van der Waals surface area contributed by atoms with Crippen LogP contribution in [0.5, 0.6) is 0 Å². The molecule has 1 fully saturated rings. The number of fused-ring (bicyclic) bond motifs is 1. The molecule has 1 nitrogen and oxygen atoms in total. The number of hydrogen-bond donors (Lipinski definition) is 1. The summed E-state index contributed by atoms with van der Waals surface area (Å²) in [7, 11) is 0. The minimum Gasteiger partial charge on any atom is -0.385 e. The fraction of sp³-hybridized carbons (Fsp3) is 0.733. The summed E-state index contributed by atoms with van der Waals surface area (Å²) in [4.78, 5) is 0. The molecule has 0 aliphatic heterocycles. The molecular weight excluding hydrogens is 196 g/mol. The molecular formula is C15H24O. The van der Waals surface area contributed by atoms with Gasteiger partial charge in [-0.2, -0.15) is 0 Å². The summed E-state index contributed by atoms with van der Waals surface area (Å²) in [5, 5.41) is 10.8. The molecule has 0 heterocycles. The first-order valence-electron chi connectivity index (χ1n) is 6.51. The second-order valence-electron chi connectivity index (χ2n) is 5.96. The maximum Gasteiger partial charge on any atom is 0.0916 e. The Morgan fingerprint density at radius 2 is 2.19 bits per heavy atom. The largest absolute Gasteiger partial charge is 0.385 e. The highest BCUT2D eigenvalue weighted by Gasteiger charge is 2.47. The van der Waals surface area contributed by atoms with E-state index in [4.69, 9.17) is 0 Å². The molecule has 0 amide bonds. The molecule has 0 aromatic rings. The zero-order valence-corrected chi connectivity index (χ0v) is 10.8. The van der Waals surface area contributed by atoms with Gasteiger partial charge >= 0.3 is 0 Å². The van der Waals surface area contributed by atoms with Crippen LogP contribution in [-0.2, 0) is 0 Å². The minimum absolute atomic E-state index is 0.308. The molecule has 2 rings (SSSR count). The first kappa shape index (κ1) is 11.9. The van der Waals surface area contributed by atoms with Crippen molar-refractivity contribution in [2.45, 2.75) is 52.1 Å². The molecule has 2 aliphatic carbocycles. The Morgan fingerprint density at radius 3 is 2.81 bits per heavy atom. The third-order valence-corrected chi connectivity index (χ3v) is 4.80. The van der Waals surface area contributed by atoms with E-state index in [2.05, 4.69) is 26.5 Å². The van der Waals surface area contributed by atoms with Gasteiger partial charge in [-0.3, -0.25) is 0 Å². The highest BCUT2D eigenvalue weighted by atomic mass is 16.3. The smallest absolute Gasteiger partial charge is 0.0916 e. The van der Waals surface area contributed by atoms with Crippen molar-refractivity contribution in [2.75, 3.05) is 0 Å². The van der Waals surface area contributed by atoms with Crippen molar-refractivity contribution in [1.82, 2.24) is 0 Å². The topological polar surface area (TPSA) is 20.2 Å². The molecule has 1 N–H and O–H groups in total. The summed E-state index contributed by atoms with van der Waals surface area (Å²) in [6.45, 7) is 10.5. The Hall–Kier alpha value is -0.560. The van der Waals surface area contributed by atoms with Crippen LogP contribution in [0.4, 0.5) is 0 Å². The van der Waals surface area contributed by atoms with Gasteiger partial charge in [0.15, 0.2) is 0 Å². The number of allylic oxidation sites excluding steroid dienone is 1. The second-order valence-corrected chi connectivity index (χ2v) is 5.96. The van der Waals surface area contributed by atoms with E-state index in [0.29, 0.717) is 11.8 Å². The van der Waals surface area contributed by atoms with Gasteiger partial charge < -0.3 is 5.11 Å². The van der Waals surface area contributed by atoms with Crippen molar-refractivity contribution < 1.29 is 5.11 Å². The number of rotatable bonds is 1. The first-order valence-corrected chi connectivity index (χ1v) is 6.51. The summed E-state index contributed by atoms with van der Waals surface area (Å²) in [5.74, 6) is 1.70. The van der Waals surface area contributed by atoms with Crippen LogP contribution in [0.3, 0.4) is 0 Å². The Bertz CT molecular complexity index is 328. The van der Waals surface area contributed by atoms with Gasteiger partial charge in [0.25, 0.3) is 0 Å². The van der Waals surface area contributed by atoms with Crippen molar-refractivity contribution in [3.8, 4) is 0 Å². The fourth-order valence-electron chi connectivity index (χ4n) is 3.54. The van der Waals surface area contributed by atoms with Gasteiger partial charge in [0.05, 0.1) is 5.60 Å². The molecule has 0 unspecified atom stereocenters. The average Bonchev–Trinajstić information content (AvgIpc) is 2.23. The maximum absolute atomic E-state index is 10.8. The highest BCUT2D eigenvalue weighted by molar-refractivity contribution is 5.23. The lowest BCUT2D eigenvalue weighted by Crippen LogP contribution is -2.48. The van der Waals surface area contributed by atoms with Crippen LogP contribution in [0.1, 0.15) is 46.5 Å². The van der Waals surface area contributed by atoms with Gasteiger partial charge in [0, 0.05) is 5.92 Å². The van der Waals surface area contributed by atoms with Crippen LogP contribution in [0.25, 0.3) is 0 Å². The molecule has 0 radical (unpaired) electrons. The van der Waals surface area contributed by atoms with E-state index in [-0.39, 0.29) is 0 Å². The molecule has 16 heavy (non-hydrogen) atoms. The molecule has 1 saturated carbocycles. The van der Waals surface area contributed by atoms with E-state index in [1.165, 1.54) is 18.4 Å². The zero-order valence-electron chi connectivity index (χ0n) is 10.8. The van der Waals surface area contributed by atoms with Crippen LogP contribution in [0.15, 0.2) is 23.8 Å². The van der Waals surface area contributed by atoms with E-state index in [9.17, 15) is 5.11 Å². The Kier molecular flexibility index (Phi) is 3.00. The van der Waals surface area contributed by atoms with Gasteiger partial charge in [-0.1, -0.05) is 25.2 Å². The highest BCUT2D eigenvalue weighted by Crippen LogP contribution is 2.49. The molecule has 0 saturated heterocycles. The first-order chi connectivity index (χ1) is 7.45. The summed E-state index contributed by atoms with van der Waals surface area (Å²) in [6, 6.07) is 0. The number of aliphatic hydroxyl groups is 1. The van der Waals surface area contributed by atoms with Gasteiger partial charge in [-0.15, -0.1) is 0 Å². The summed E-state index contributed by atoms with van der Waals surface area (Å²) in [6.07, 6.45) is 6.78. The van der Waals surface area contributed by atoms with E-state index < -0.39 is 5.60 Å². The Labute approximate surface area is 99.3 Å². The molecule has 0 aromatic heterocycles. The van der Waals surface area contributed by atoms with E-state index in [0.717, 1.165) is 24.3 Å². The lowest BCUT2D eigenvalue weighted by molar-refractivity contribution is -0.0467. The second kappa shape index (κ2) is 4.03. The Balaban J connectivity index is 2.36. The molecule has 1 heteroatoms. The lowest BCUT2D eigenvalue weighted by atomic mass is 9.59. The predicted octanol–water partition coefficient (Wildman–Crippen LogP) is 3.70. The molecule has 0 spiro atoms. The zero-order chi connectivity index (χ0) is 11.9. The van der Waals surface area contributed by atoms with Crippen molar-refractivity contribution in [3.63, 3.8) is 0 Å². The summed E-state index contributed by atoms with van der Waals surface area (Å²) < 4.78 is 0. The van der Waals surface area contributed by atoms with Crippen molar-refractivity contribution in [1.29, 1.82) is 0 Å². The SMILES string of the molecule is C=C(C)[C@]1(O)CC[C@@H](C)[C@@H]2CCC(C)=C[C@@H]21. The van der Waals surface area contributed by atoms with E-state index >= 15 is 0 Å². The number of hydrogen-bond acceptors (Lipinski definition) is 1. The molecule has 90 valence electrons. The standard InChI is InChI=1S/C15H24O/c1-10(2)15(16)8-7-12(4)13-6-5-11(3)9-14(13)15/h9,12-14,16H,1,5-8H2,2-4H3/t12-,13+,14+,15-/m1/s1. The monoisotopic (exact) mass is 220 g/mol. The van der Waals surface area contributed by atoms with E-state index in [1.54, 1.807) is 0 Å². The summed E-state index contributed by atoms with van der Waals surface area (Å²) in [5.41, 5.74) is 1.74. The van der Waals surface area contributed by atoms with Crippen LogP contribution in [0, 0.1) is 17.8 Å². The molecule has 4 atom stereocenters. The van der Waals surface area contributed by atoms with Crippen LogP contribution in [-0.4, -0.2) is 10.7 Å². The van der Waals surface area contributed by atoms with Crippen LogP contribution < -0.4 is 0 Å². The predicted molar refractivity (Wildman–Crippen MR) is 68.1 cm³/mol. The maximum atomic E-state index is 10.8. The minimum atomic E-state index is -0.640. The quantitative estimate of drug-likeness (QED) is 0.668. The van der Waals surface area contributed by atoms with Crippen LogP contribution in [0.2, 0.25) is 0 Å². The Morgan fingerprint density at radius 1 is 1.50 bits per heavy atom. The molecule has 2 aliphatic rings. The van der Waals surface area contributed by atoms with Crippen molar-refractivity contribution >= 4 is 0 Å². The van der Waals surface area contributed by atoms with Crippen LogP contribution >= 0.6 is 0 Å². The lowest BCUT2D eigenvalue weighted by Gasteiger charge is -2.49. The van der Waals surface area contributed by atoms with Gasteiger partial charge in [0.1, 0.15) is 0 Å². The van der Waals surface area contributed by atoms with Crippen molar-refractivity contribution in [3.05, 3.63) is 23.8 Å².